The van der Waals surface area contributed by atoms with Gasteiger partial charge in [0.25, 0.3) is 5.91 Å². The van der Waals surface area contributed by atoms with Crippen LogP contribution in [0, 0.1) is 0 Å². The highest BCUT2D eigenvalue weighted by molar-refractivity contribution is 5.94. The second kappa shape index (κ2) is 4.83. The summed E-state index contributed by atoms with van der Waals surface area (Å²) < 4.78 is 1.89. The first-order chi connectivity index (χ1) is 8.54. The largest absolute Gasteiger partial charge is 0.508 e. The number of aromatic nitrogens is 1. The van der Waals surface area contributed by atoms with E-state index in [1.165, 1.54) is 18.2 Å². The van der Waals surface area contributed by atoms with Gasteiger partial charge in [-0.3, -0.25) is 4.79 Å². The maximum Gasteiger partial charge on any atom is 0.251 e. The van der Waals surface area contributed by atoms with Gasteiger partial charge < -0.3 is 20.1 Å². The first kappa shape index (κ1) is 12.0. The molecule has 3 N–H and O–H groups in total. The average Bonchev–Trinajstić information content (AvgIpc) is 2.70. The number of aromatic hydroxyl groups is 2. The zero-order chi connectivity index (χ0) is 13.1. The molecular formula is C13H14N2O3. The van der Waals surface area contributed by atoms with Crippen molar-refractivity contribution in [1.29, 1.82) is 0 Å². The summed E-state index contributed by atoms with van der Waals surface area (Å²) in [7, 11) is 1.90. The van der Waals surface area contributed by atoms with Gasteiger partial charge in [0.05, 0.1) is 0 Å². The molecule has 0 unspecified atom stereocenters. The number of phenols is 2. The second-order valence-electron chi connectivity index (χ2n) is 4.11. The van der Waals surface area contributed by atoms with Crippen LogP contribution in [0.1, 0.15) is 15.9 Å². The smallest absolute Gasteiger partial charge is 0.251 e. The van der Waals surface area contributed by atoms with E-state index >= 15 is 0 Å². The number of benzene rings is 1. The number of hydrogen-bond donors (Lipinski definition) is 3. The van der Waals surface area contributed by atoms with Gasteiger partial charge in [-0.25, -0.2) is 0 Å². The summed E-state index contributed by atoms with van der Waals surface area (Å²) in [5.74, 6) is -0.621. The monoisotopic (exact) mass is 246 g/mol. The fraction of sp³-hybridized carbons (Fsp3) is 0.154. The number of rotatable bonds is 3. The summed E-state index contributed by atoms with van der Waals surface area (Å²) in [6, 6.07) is 5.69. The number of aryl methyl sites for hydroxylation is 1. The minimum atomic E-state index is -0.343. The topological polar surface area (TPSA) is 74.5 Å². The molecule has 1 amide bonds. The van der Waals surface area contributed by atoms with E-state index in [4.69, 9.17) is 0 Å². The van der Waals surface area contributed by atoms with Crippen LogP contribution in [0.4, 0.5) is 0 Å². The molecule has 5 heteroatoms. The van der Waals surface area contributed by atoms with E-state index in [1.54, 1.807) is 0 Å². The highest BCUT2D eigenvalue weighted by Gasteiger charge is 2.08. The number of hydrogen-bond acceptors (Lipinski definition) is 3. The van der Waals surface area contributed by atoms with Gasteiger partial charge in [-0.05, 0) is 23.8 Å². The number of nitrogens with one attached hydrogen (secondary N) is 1. The van der Waals surface area contributed by atoms with Crippen molar-refractivity contribution in [1.82, 2.24) is 9.88 Å². The SMILES string of the molecule is Cn1ccc(CNC(=O)c2cc(O)cc(O)c2)c1. The first-order valence-electron chi connectivity index (χ1n) is 5.46. The van der Waals surface area contributed by atoms with Crippen molar-refractivity contribution in [3.05, 3.63) is 47.8 Å². The average molecular weight is 246 g/mol. The van der Waals surface area contributed by atoms with E-state index in [2.05, 4.69) is 5.32 Å². The number of carbonyl (C=O) groups excluding carboxylic acids is 1. The molecule has 0 saturated heterocycles. The molecule has 2 rings (SSSR count). The molecule has 0 fully saturated rings. The maximum absolute atomic E-state index is 11.8. The third kappa shape index (κ3) is 2.82. The Morgan fingerprint density at radius 2 is 1.94 bits per heavy atom. The lowest BCUT2D eigenvalue weighted by Crippen LogP contribution is -2.22. The van der Waals surface area contributed by atoms with Crippen molar-refractivity contribution >= 4 is 5.91 Å². The summed E-state index contributed by atoms with van der Waals surface area (Å²) in [6.07, 6.45) is 3.79. The van der Waals surface area contributed by atoms with E-state index in [0.717, 1.165) is 5.56 Å². The van der Waals surface area contributed by atoms with E-state index in [9.17, 15) is 15.0 Å². The minimum absolute atomic E-state index is 0.139. The number of amides is 1. The van der Waals surface area contributed by atoms with Gasteiger partial charge in [0.15, 0.2) is 0 Å². The van der Waals surface area contributed by atoms with Crippen molar-refractivity contribution in [2.45, 2.75) is 6.54 Å². The van der Waals surface area contributed by atoms with Gasteiger partial charge in [-0.15, -0.1) is 0 Å². The highest BCUT2D eigenvalue weighted by atomic mass is 16.3. The zero-order valence-electron chi connectivity index (χ0n) is 9.92. The zero-order valence-corrected chi connectivity index (χ0v) is 9.92. The van der Waals surface area contributed by atoms with E-state index in [-0.39, 0.29) is 23.0 Å². The summed E-state index contributed by atoms with van der Waals surface area (Å²) >= 11 is 0. The van der Waals surface area contributed by atoms with Gasteiger partial charge >= 0.3 is 0 Å². The maximum atomic E-state index is 11.8. The summed E-state index contributed by atoms with van der Waals surface area (Å²) in [5.41, 5.74) is 1.21. The fourth-order valence-electron chi connectivity index (χ4n) is 1.68. The standard InChI is InChI=1S/C13H14N2O3/c1-15-3-2-9(8-15)7-14-13(18)10-4-11(16)6-12(17)5-10/h2-6,8,16-17H,7H2,1H3,(H,14,18). The van der Waals surface area contributed by atoms with E-state index in [0.29, 0.717) is 6.54 Å². The van der Waals surface area contributed by atoms with E-state index in [1.807, 2.05) is 30.1 Å². The Morgan fingerprint density at radius 1 is 1.28 bits per heavy atom. The second-order valence-corrected chi connectivity index (χ2v) is 4.11. The Hall–Kier alpha value is -2.43. The normalized spacial score (nSPS) is 10.3. The third-order valence-corrected chi connectivity index (χ3v) is 2.51. The van der Waals surface area contributed by atoms with Crippen molar-refractivity contribution in [2.24, 2.45) is 7.05 Å². The molecule has 0 bridgehead atoms. The minimum Gasteiger partial charge on any atom is -0.508 e. The van der Waals surface area contributed by atoms with Crippen LogP contribution in [0.5, 0.6) is 11.5 Å². The third-order valence-electron chi connectivity index (χ3n) is 2.51. The van der Waals surface area contributed by atoms with Gasteiger partial charge in [0.1, 0.15) is 11.5 Å². The van der Waals surface area contributed by atoms with Crippen molar-refractivity contribution in [3.63, 3.8) is 0 Å². The fourth-order valence-corrected chi connectivity index (χ4v) is 1.68. The van der Waals surface area contributed by atoms with Crippen LogP contribution in [-0.2, 0) is 13.6 Å². The van der Waals surface area contributed by atoms with Crippen LogP contribution in [-0.4, -0.2) is 20.7 Å². The Labute approximate surface area is 104 Å². The number of nitrogens with zero attached hydrogens (tertiary/aromatic N) is 1. The van der Waals surface area contributed by atoms with Crippen LogP contribution in [0.25, 0.3) is 0 Å². The molecular weight excluding hydrogens is 232 g/mol. The molecule has 1 heterocycles. The summed E-state index contributed by atoms with van der Waals surface area (Å²) in [4.78, 5) is 11.8. The molecule has 0 aliphatic heterocycles. The number of carbonyl (C=O) groups is 1. The Balaban J connectivity index is 2.03. The molecule has 1 aromatic heterocycles. The lowest BCUT2D eigenvalue weighted by Gasteiger charge is -2.05. The molecule has 0 aliphatic carbocycles. The molecule has 0 saturated carbocycles. The van der Waals surface area contributed by atoms with Crippen LogP contribution >= 0.6 is 0 Å². The molecule has 2 aromatic rings. The molecule has 0 atom stereocenters. The van der Waals surface area contributed by atoms with Crippen molar-refractivity contribution in [2.75, 3.05) is 0 Å². The summed E-state index contributed by atoms with van der Waals surface area (Å²) in [6.45, 7) is 0.399. The molecule has 0 spiro atoms. The quantitative estimate of drug-likeness (QED) is 0.765. The lowest BCUT2D eigenvalue weighted by molar-refractivity contribution is 0.0950. The van der Waals surface area contributed by atoms with Crippen LogP contribution in [0.15, 0.2) is 36.7 Å². The van der Waals surface area contributed by atoms with Crippen LogP contribution in [0.2, 0.25) is 0 Å². The van der Waals surface area contributed by atoms with Crippen LogP contribution < -0.4 is 5.32 Å². The van der Waals surface area contributed by atoms with Gasteiger partial charge in [-0.1, -0.05) is 0 Å². The predicted molar refractivity (Wildman–Crippen MR) is 66.4 cm³/mol. The van der Waals surface area contributed by atoms with Gasteiger partial charge in [0, 0.05) is 37.6 Å². The molecule has 0 aliphatic rings. The highest BCUT2D eigenvalue weighted by Crippen LogP contribution is 2.20. The first-order valence-corrected chi connectivity index (χ1v) is 5.46. The molecule has 94 valence electrons. The Morgan fingerprint density at radius 3 is 2.50 bits per heavy atom. The predicted octanol–water partition coefficient (Wildman–Crippen LogP) is 1.37. The number of phenolic OH excluding ortho intramolecular Hbond substituents is 2. The van der Waals surface area contributed by atoms with Crippen LogP contribution in [0.3, 0.4) is 0 Å². The van der Waals surface area contributed by atoms with Crippen molar-refractivity contribution < 1.29 is 15.0 Å². The Kier molecular flexibility index (Phi) is 3.23. The summed E-state index contributed by atoms with van der Waals surface area (Å²) in [5, 5.41) is 21.3. The van der Waals surface area contributed by atoms with Crippen molar-refractivity contribution in [3.8, 4) is 11.5 Å². The molecule has 5 nitrogen and oxygen atoms in total. The molecule has 0 radical (unpaired) electrons. The van der Waals surface area contributed by atoms with Gasteiger partial charge in [0.2, 0.25) is 0 Å². The lowest BCUT2D eigenvalue weighted by atomic mass is 10.2. The van der Waals surface area contributed by atoms with Gasteiger partial charge in [-0.2, -0.15) is 0 Å². The molecule has 18 heavy (non-hydrogen) atoms. The molecule has 1 aromatic carbocycles. The van der Waals surface area contributed by atoms with E-state index < -0.39 is 0 Å². The Bertz CT molecular complexity index is 555.